The van der Waals surface area contributed by atoms with Gasteiger partial charge in [0.1, 0.15) is 11.6 Å². The number of aromatic nitrogens is 1. The Morgan fingerprint density at radius 2 is 1.71 bits per heavy atom. The molecule has 2 amide bonds. The molecule has 0 saturated carbocycles. The summed E-state index contributed by atoms with van der Waals surface area (Å²) in [6.07, 6.45) is 3.57. The standard InChI is InChI=1S/C28H31N3O3/c1-20-10-8-14-23(29-20)17-16-22-13-9-15-24(18-22)30-26(32)25(19-21-11-6-5-7-12-21)31-27(33)34-28(2,3)4/h5-18,25H,19H2,1-4H3,(H,30,32)(H,31,33). The van der Waals surface area contributed by atoms with Gasteiger partial charge in [0.15, 0.2) is 0 Å². The van der Waals surface area contributed by atoms with Gasteiger partial charge in [-0.2, -0.15) is 0 Å². The molecule has 0 radical (unpaired) electrons. The summed E-state index contributed by atoms with van der Waals surface area (Å²) in [5.41, 5.74) is 3.63. The molecule has 0 bridgehead atoms. The van der Waals surface area contributed by atoms with E-state index in [0.717, 1.165) is 22.5 Å². The number of hydrogen-bond donors (Lipinski definition) is 2. The largest absolute Gasteiger partial charge is 0.444 e. The molecular weight excluding hydrogens is 426 g/mol. The number of hydrogen-bond acceptors (Lipinski definition) is 4. The first-order valence-corrected chi connectivity index (χ1v) is 11.2. The number of carbonyl (C=O) groups is 2. The van der Waals surface area contributed by atoms with Crippen LogP contribution < -0.4 is 10.6 Å². The fourth-order valence-corrected chi connectivity index (χ4v) is 3.30. The van der Waals surface area contributed by atoms with Crippen molar-refractivity contribution in [2.45, 2.75) is 45.8 Å². The highest BCUT2D eigenvalue weighted by molar-refractivity contribution is 5.97. The van der Waals surface area contributed by atoms with Gasteiger partial charge in [-0.25, -0.2) is 4.79 Å². The molecular formula is C28H31N3O3. The zero-order chi connectivity index (χ0) is 24.6. The number of nitrogens with one attached hydrogen (secondary N) is 2. The Morgan fingerprint density at radius 3 is 2.41 bits per heavy atom. The molecule has 0 aliphatic rings. The first kappa shape index (κ1) is 24.7. The molecule has 2 aromatic carbocycles. The molecule has 0 saturated heterocycles. The molecule has 3 rings (SSSR count). The Balaban J connectivity index is 1.73. The zero-order valence-electron chi connectivity index (χ0n) is 20.0. The van der Waals surface area contributed by atoms with Gasteiger partial charge in [0.05, 0.1) is 5.69 Å². The highest BCUT2D eigenvalue weighted by Gasteiger charge is 2.25. The van der Waals surface area contributed by atoms with Gasteiger partial charge in [-0.05, 0) is 69.2 Å². The quantitative estimate of drug-likeness (QED) is 0.481. The number of pyridine rings is 1. The number of ether oxygens (including phenoxy) is 1. The molecule has 0 spiro atoms. The van der Waals surface area contributed by atoms with Gasteiger partial charge in [0.25, 0.3) is 0 Å². The van der Waals surface area contributed by atoms with Crippen LogP contribution in [0.3, 0.4) is 0 Å². The van der Waals surface area contributed by atoms with Gasteiger partial charge in [-0.1, -0.05) is 54.6 Å². The Labute approximate surface area is 201 Å². The first-order valence-electron chi connectivity index (χ1n) is 11.2. The van der Waals surface area contributed by atoms with Crippen LogP contribution in [0.5, 0.6) is 0 Å². The lowest BCUT2D eigenvalue weighted by Crippen LogP contribution is -2.47. The lowest BCUT2D eigenvalue weighted by Gasteiger charge is -2.23. The normalized spacial score (nSPS) is 12.2. The van der Waals surface area contributed by atoms with Crippen LogP contribution in [0.1, 0.15) is 43.3 Å². The maximum Gasteiger partial charge on any atom is 0.408 e. The van der Waals surface area contributed by atoms with Gasteiger partial charge >= 0.3 is 6.09 Å². The van der Waals surface area contributed by atoms with Crippen LogP contribution in [0.15, 0.2) is 72.8 Å². The Morgan fingerprint density at radius 1 is 0.971 bits per heavy atom. The highest BCUT2D eigenvalue weighted by atomic mass is 16.6. The molecule has 34 heavy (non-hydrogen) atoms. The van der Waals surface area contributed by atoms with Crippen molar-refractivity contribution in [1.29, 1.82) is 0 Å². The van der Waals surface area contributed by atoms with Crippen molar-refractivity contribution in [2.75, 3.05) is 5.32 Å². The summed E-state index contributed by atoms with van der Waals surface area (Å²) in [4.78, 5) is 30.0. The van der Waals surface area contributed by atoms with Crippen molar-refractivity contribution >= 4 is 29.8 Å². The number of benzene rings is 2. The number of rotatable bonds is 7. The third kappa shape index (κ3) is 8.20. The number of anilines is 1. The molecule has 3 aromatic rings. The molecule has 0 aliphatic heterocycles. The number of carbonyl (C=O) groups excluding carboxylic acids is 2. The molecule has 0 fully saturated rings. The molecule has 1 unspecified atom stereocenters. The predicted molar refractivity (Wildman–Crippen MR) is 136 cm³/mol. The predicted octanol–water partition coefficient (Wildman–Crippen LogP) is 5.63. The van der Waals surface area contributed by atoms with E-state index in [4.69, 9.17) is 4.74 Å². The average molecular weight is 458 g/mol. The lowest BCUT2D eigenvalue weighted by atomic mass is 10.1. The van der Waals surface area contributed by atoms with E-state index in [9.17, 15) is 9.59 Å². The van der Waals surface area contributed by atoms with Gasteiger partial charge in [-0.15, -0.1) is 0 Å². The summed E-state index contributed by atoms with van der Waals surface area (Å²) in [7, 11) is 0. The second-order valence-electron chi connectivity index (χ2n) is 9.04. The first-order chi connectivity index (χ1) is 16.2. The van der Waals surface area contributed by atoms with Crippen LogP contribution in [0.25, 0.3) is 12.2 Å². The average Bonchev–Trinajstić information content (AvgIpc) is 2.77. The maximum absolute atomic E-state index is 13.1. The molecule has 1 atom stereocenters. The van der Waals surface area contributed by atoms with Gasteiger partial charge in [0, 0.05) is 17.8 Å². The summed E-state index contributed by atoms with van der Waals surface area (Å²) in [6.45, 7) is 7.29. The fraction of sp³-hybridized carbons (Fsp3) is 0.250. The van der Waals surface area contributed by atoms with Crippen molar-refractivity contribution in [2.24, 2.45) is 0 Å². The van der Waals surface area contributed by atoms with E-state index in [2.05, 4.69) is 15.6 Å². The van der Waals surface area contributed by atoms with E-state index in [1.165, 1.54) is 0 Å². The number of alkyl carbamates (subject to hydrolysis) is 1. The summed E-state index contributed by atoms with van der Waals surface area (Å²) >= 11 is 0. The minimum absolute atomic E-state index is 0.323. The summed E-state index contributed by atoms with van der Waals surface area (Å²) in [6, 6.07) is 22.1. The topological polar surface area (TPSA) is 80.3 Å². The minimum atomic E-state index is -0.798. The SMILES string of the molecule is Cc1cccc(C=Cc2cccc(NC(=O)C(Cc3ccccc3)NC(=O)OC(C)(C)C)c2)n1. The minimum Gasteiger partial charge on any atom is -0.444 e. The van der Waals surface area contributed by atoms with E-state index >= 15 is 0 Å². The molecule has 6 heteroatoms. The van der Waals surface area contributed by atoms with Crippen molar-refractivity contribution in [3.8, 4) is 0 Å². The van der Waals surface area contributed by atoms with Crippen molar-refractivity contribution < 1.29 is 14.3 Å². The van der Waals surface area contributed by atoms with Gasteiger partial charge < -0.3 is 15.4 Å². The van der Waals surface area contributed by atoms with Gasteiger partial charge in [0.2, 0.25) is 5.91 Å². The summed E-state index contributed by atoms with van der Waals surface area (Å²) in [5, 5.41) is 5.63. The van der Waals surface area contributed by atoms with E-state index in [0.29, 0.717) is 12.1 Å². The molecule has 176 valence electrons. The molecule has 0 aliphatic carbocycles. The van der Waals surface area contributed by atoms with Crippen LogP contribution in [-0.2, 0) is 16.0 Å². The van der Waals surface area contributed by atoms with E-state index in [-0.39, 0.29) is 5.91 Å². The lowest BCUT2D eigenvalue weighted by molar-refractivity contribution is -0.118. The van der Waals surface area contributed by atoms with E-state index in [1.54, 1.807) is 20.8 Å². The molecule has 1 heterocycles. The molecule has 6 nitrogen and oxygen atoms in total. The smallest absolute Gasteiger partial charge is 0.408 e. The second kappa shape index (κ2) is 11.3. The number of nitrogens with zero attached hydrogens (tertiary/aromatic N) is 1. The Kier molecular flexibility index (Phi) is 8.19. The van der Waals surface area contributed by atoms with Crippen molar-refractivity contribution in [3.05, 3.63) is 95.3 Å². The third-order valence-corrected chi connectivity index (χ3v) is 4.80. The summed E-state index contributed by atoms with van der Waals surface area (Å²) in [5.74, 6) is -0.323. The number of amides is 2. The van der Waals surface area contributed by atoms with Crippen LogP contribution >= 0.6 is 0 Å². The maximum atomic E-state index is 13.1. The molecule has 2 N–H and O–H groups in total. The summed E-state index contributed by atoms with van der Waals surface area (Å²) < 4.78 is 5.36. The van der Waals surface area contributed by atoms with Crippen LogP contribution in [0.2, 0.25) is 0 Å². The second-order valence-corrected chi connectivity index (χ2v) is 9.04. The van der Waals surface area contributed by atoms with Gasteiger partial charge in [-0.3, -0.25) is 9.78 Å². The van der Waals surface area contributed by atoms with E-state index in [1.807, 2.05) is 91.9 Å². The molecule has 1 aromatic heterocycles. The fourth-order valence-electron chi connectivity index (χ4n) is 3.30. The zero-order valence-corrected chi connectivity index (χ0v) is 20.0. The van der Waals surface area contributed by atoms with Crippen LogP contribution in [0, 0.1) is 6.92 Å². The Hall–Kier alpha value is -3.93. The third-order valence-electron chi connectivity index (χ3n) is 4.80. The van der Waals surface area contributed by atoms with Crippen molar-refractivity contribution in [1.82, 2.24) is 10.3 Å². The van der Waals surface area contributed by atoms with Crippen molar-refractivity contribution in [3.63, 3.8) is 0 Å². The van der Waals surface area contributed by atoms with Crippen LogP contribution in [0.4, 0.5) is 10.5 Å². The Bertz CT molecular complexity index is 1150. The monoisotopic (exact) mass is 457 g/mol. The van der Waals surface area contributed by atoms with E-state index < -0.39 is 17.7 Å². The highest BCUT2D eigenvalue weighted by Crippen LogP contribution is 2.15. The van der Waals surface area contributed by atoms with Crippen LogP contribution in [-0.4, -0.2) is 28.6 Å². The number of aryl methyl sites for hydroxylation is 1.